The lowest BCUT2D eigenvalue weighted by Gasteiger charge is -2.09. The molecule has 0 spiro atoms. The molecule has 25 heavy (non-hydrogen) atoms. The van der Waals surface area contributed by atoms with Crippen LogP contribution in [0.15, 0.2) is 18.2 Å². The topological polar surface area (TPSA) is 110 Å². The van der Waals surface area contributed by atoms with E-state index in [4.69, 9.17) is 21.7 Å². The number of amides is 2. The van der Waals surface area contributed by atoms with Crippen LogP contribution in [0.25, 0.3) is 0 Å². The lowest BCUT2D eigenvalue weighted by molar-refractivity contribution is -0.122. The zero-order valence-electron chi connectivity index (χ0n) is 13.5. The van der Waals surface area contributed by atoms with Gasteiger partial charge in [0.15, 0.2) is 16.3 Å². The highest BCUT2D eigenvalue weighted by molar-refractivity contribution is 7.71. The number of H-pyrrole nitrogens is 1. The maximum Gasteiger partial charge on any atom is 0.269 e. The SMILES string of the molecule is CCCc1n[nH]c(=S)n1CC(=O)NNC(=O)c1ccc2c(c1)OCO2. The van der Waals surface area contributed by atoms with Gasteiger partial charge >= 0.3 is 0 Å². The van der Waals surface area contributed by atoms with Crippen molar-refractivity contribution in [2.75, 3.05) is 6.79 Å². The summed E-state index contributed by atoms with van der Waals surface area (Å²) in [5.41, 5.74) is 5.07. The molecule has 0 atom stereocenters. The van der Waals surface area contributed by atoms with E-state index >= 15 is 0 Å². The summed E-state index contributed by atoms with van der Waals surface area (Å²) < 4.78 is 12.4. The van der Waals surface area contributed by atoms with Gasteiger partial charge in [-0.25, -0.2) is 0 Å². The van der Waals surface area contributed by atoms with Gasteiger partial charge in [0, 0.05) is 12.0 Å². The third kappa shape index (κ3) is 3.79. The van der Waals surface area contributed by atoms with Crippen molar-refractivity contribution in [3.8, 4) is 11.5 Å². The average Bonchev–Trinajstić information content (AvgIpc) is 3.21. The minimum absolute atomic E-state index is 0.0356. The number of hydrogen-bond acceptors (Lipinski definition) is 6. The molecule has 1 aromatic carbocycles. The molecule has 0 unspecified atom stereocenters. The fourth-order valence-corrected chi connectivity index (χ4v) is 2.56. The number of ether oxygens (including phenoxy) is 2. The zero-order valence-corrected chi connectivity index (χ0v) is 14.3. The van der Waals surface area contributed by atoms with Crippen LogP contribution in [0.4, 0.5) is 0 Å². The summed E-state index contributed by atoms with van der Waals surface area (Å²) in [6, 6.07) is 4.77. The van der Waals surface area contributed by atoms with Crippen molar-refractivity contribution in [3.05, 3.63) is 34.4 Å². The minimum Gasteiger partial charge on any atom is -0.454 e. The molecule has 10 heteroatoms. The molecular formula is C15H17N5O4S. The second kappa shape index (κ2) is 7.34. The molecule has 0 radical (unpaired) electrons. The van der Waals surface area contributed by atoms with Gasteiger partial charge in [-0.2, -0.15) is 5.10 Å². The smallest absolute Gasteiger partial charge is 0.269 e. The molecule has 1 aliphatic heterocycles. The molecule has 0 bridgehead atoms. The Bertz CT molecular complexity index is 860. The predicted molar refractivity (Wildman–Crippen MR) is 89.6 cm³/mol. The standard InChI is InChI=1S/C15H17N5O4S/c1-2-3-12-16-19-15(25)20(12)7-13(21)17-18-14(22)9-4-5-10-11(6-9)24-8-23-10/h4-6H,2-3,7-8H2,1H3,(H,17,21)(H,18,22)(H,19,25). The van der Waals surface area contributed by atoms with Crippen LogP contribution in [0.1, 0.15) is 29.5 Å². The van der Waals surface area contributed by atoms with Crippen molar-refractivity contribution in [1.82, 2.24) is 25.6 Å². The van der Waals surface area contributed by atoms with Gasteiger partial charge in [-0.3, -0.25) is 30.1 Å². The van der Waals surface area contributed by atoms with Crippen LogP contribution in [0.2, 0.25) is 0 Å². The summed E-state index contributed by atoms with van der Waals surface area (Å²) in [6.45, 7) is 2.10. The zero-order chi connectivity index (χ0) is 17.8. The van der Waals surface area contributed by atoms with Crippen molar-refractivity contribution in [1.29, 1.82) is 0 Å². The summed E-state index contributed by atoms with van der Waals surface area (Å²) in [5.74, 6) is 0.899. The van der Waals surface area contributed by atoms with Gasteiger partial charge in [-0.15, -0.1) is 0 Å². The number of nitrogens with zero attached hydrogens (tertiary/aromatic N) is 2. The van der Waals surface area contributed by atoms with Gasteiger partial charge in [0.2, 0.25) is 6.79 Å². The Kier molecular flexibility index (Phi) is 4.98. The Balaban J connectivity index is 1.58. The van der Waals surface area contributed by atoms with Gasteiger partial charge in [0.25, 0.3) is 11.8 Å². The Hall–Kier alpha value is -2.88. The molecule has 2 heterocycles. The highest BCUT2D eigenvalue weighted by Gasteiger charge is 2.17. The van der Waals surface area contributed by atoms with Gasteiger partial charge in [-0.1, -0.05) is 6.92 Å². The first-order valence-electron chi connectivity index (χ1n) is 7.71. The monoisotopic (exact) mass is 363 g/mol. The van der Waals surface area contributed by atoms with E-state index in [1.54, 1.807) is 22.8 Å². The van der Waals surface area contributed by atoms with E-state index < -0.39 is 11.8 Å². The van der Waals surface area contributed by atoms with E-state index in [-0.39, 0.29) is 13.3 Å². The molecule has 3 N–H and O–H groups in total. The molecule has 132 valence electrons. The Morgan fingerprint density at radius 2 is 2.12 bits per heavy atom. The molecular weight excluding hydrogens is 346 g/mol. The van der Waals surface area contributed by atoms with Gasteiger partial charge in [0.05, 0.1) is 0 Å². The largest absolute Gasteiger partial charge is 0.454 e. The average molecular weight is 363 g/mol. The molecule has 1 aromatic heterocycles. The van der Waals surface area contributed by atoms with E-state index in [0.717, 1.165) is 6.42 Å². The van der Waals surface area contributed by atoms with Crippen molar-refractivity contribution < 1.29 is 19.1 Å². The van der Waals surface area contributed by atoms with E-state index in [0.29, 0.717) is 34.1 Å². The van der Waals surface area contributed by atoms with E-state index in [9.17, 15) is 9.59 Å². The molecule has 2 amide bonds. The molecule has 1 aliphatic rings. The number of rotatable bonds is 5. The quantitative estimate of drug-likeness (QED) is 0.542. The van der Waals surface area contributed by atoms with Crippen LogP contribution in [0.3, 0.4) is 0 Å². The second-order valence-corrected chi connectivity index (χ2v) is 5.74. The normalized spacial score (nSPS) is 12.0. The van der Waals surface area contributed by atoms with Crippen LogP contribution >= 0.6 is 12.2 Å². The summed E-state index contributed by atoms with van der Waals surface area (Å²) >= 11 is 5.12. The summed E-state index contributed by atoms with van der Waals surface area (Å²) in [6.07, 6.45) is 1.58. The lowest BCUT2D eigenvalue weighted by atomic mass is 10.2. The predicted octanol–water partition coefficient (Wildman–Crippen LogP) is 1.08. The third-order valence-electron chi connectivity index (χ3n) is 3.56. The van der Waals surface area contributed by atoms with Gasteiger partial charge < -0.3 is 9.47 Å². The summed E-state index contributed by atoms with van der Waals surface area (Å²) in [4.78, 5) is 24.2. The molecule has 0 fully saturated rings. The number of carbonyl (C=O) groups excluding carboxylic acids is 2. The van der Waals surface area contributed by atoms with Crippen molar-refractivity contribution >= 4 is 24.0 Å². The number of aromatic nitrogens is 3. The number of hydrogen-bond donors (Lipinski definition) is 3. The lowest BCUT2D eigenvalue weighted by Crippen LogP contribution is -2.43. The van der Waals surface area contributed by atoms with E-state index in [1.165, 1.54) is 0 Å². The maximum atomic E-state index is 12.1. The van der Waals surface area contributed by atoms with E-state index in [2.05, 4.69) is 21.0 Å². The Morgan fingerprint density at radius 3 is 2.92 bits per heavy atom. The molecule has 0 aliphatic carbocycles. The van der Waals surface area contributed by atoms with Gasteiger partial charge in [0.1, 0.15) is 12.4 Å². The molecule has 2 aromatic rings. The van der Waals surface area contributed by atoms with Crippen molar-refractivity contribution in [2.24, 2.45) is 0 Å². The van der Waals surface area contributed by atoms with Crippen molar-refractivity contribution in [3.63, 3.8) is 0 Å². The Labute approximate surface area is 148 Å². The first-order valence-corrected chi connectivity index (χ1v) is 8.12. The van der Waals surface area contributed by atoms with Crippen LogP contribution < -0.4 is 20.3 Å². The highest BCUT2D eigenvalue weighted by Crippen LogP contribution is 2.32. The number of aromatic amines is 1. The van der Waals surface area contributed by atoms with E-state index in [1.807, 2.05) is 6.92 Å². The second-order valence-electron chi connectivity index (χ2n) is 5.35. The fourth-order valence-electron chi connectivity index (χ4n) is 2.35. The first kappa shape index (κ1) is 17.0. The summed E-state index contributed by atoms with van der Waals surface area (Å²) in [7, 11) is 0. The number of fused-ring (bicyclic) bond motifs is 1. The number of hydrazine groups is 1. The van der Waals surface area contributed by atoms with Crippen molar-refractivity contribution in [2.45, 2.75) is 26.3 Å². The van der Waals surface area contributed by atoms with Crippen LogP contribution in [-0.4, -0.2) is 33.4 Å². The number of benzene rings is 1. The summed E-state index contributed by atoms with van der Waals surface area (Å²) in [5, 5.41) is 6.75. The maximum absolute atomic E-state index is 12.1. The van der Waals surface area contributed by atoms with Crippen LogP contribution in [-0.2, 0) is 17.8 Å². The van der Waals surface area contributed by atoms with Crippen LogP contribution in [0, 0.1) is 4.77 Å². The molecule has 9 nitrogen and oxygen atoms in total. The van der Waals surface area contributed by atoms with Gasteiger partial charge in [-0.05, 0) is 36.8 Å². The number of nitrogens with one attached hydrogen (secondary N) is 3. The highest BCUT2D eigenvalue weighted by atomic mass is 32.1. The molecule has 0 saturated heterocycles. The van der Waals surface area contributed by atoms with Crippen LogP contribution in [0.5, 0.6) is 11.5 Å². The Morgan fingerprint density at radius 1 is 1.32 bits per heavy atom. The fraction of sp³-hybridized carbons (Fsp3) is 0.333. The first-order chi connectivity index (χ1) is 12.1. The number of aryl methyl sites for hydroxylation is 1. The molecule has 3 rings (SSSR count). The third-order valence-corrected chi connectivity index (χ3v) is 3.87. The minimum atomic E-state index is -0.462. The number of carbonyl (C=O) groups is 2. The molecule has 0 saturated carbocycles.